The van der Waals surface area contributed by atoms with E-state index < -0.39 is 29.5 Å². The minimum Gasteiger partial charge on any atom is -0.299 e. The standard InChI is InChI=1S/C16H15ClN2O4.Na/c1-3-4-8-18-14(21)13(10(2)20)15(22)19(16(18)23)12-7-5-6-11(17)9-12;/h3-7,9,13H,8H2,1-2H3;. The fraction of sp³-hybridized carbons (Fsp3) is 0.250. The summed E-state index contributed by atoms with van der Waals surface area (Å²) in [5.41, 5.74) is 0.219. The number of Topliss-reactive ketones (excluding diaryl/α,β-unsaturated/α-hetero) is 1. The number of ketones is 1. The Bertz CT molecular complexity index is 720. The molecule has 6 nitrogen and oxygen atoms in total. The van der Waals surface area contributed by atoms with Gasteiger partial charge in [-0.05, 0) is 32.0 Å². The van der Waals surface area contributed by atoms with Gasteiger partial charge >= 0.3 is 6.03 Å². The summed E-state index contributed by atoms with van der Waals surface area (Å²) >= 11 is 5.90. The van der Waals surface area contributed by atoms with Gasteiger partial charge in [0.05, 0.1) is 5.69 Å². The van der Waals surface area contributed by atoms with Gasteiger partial charge in [-0.15, -0.1) is 0 Å². The largest absolute Gasteiger partial charge is 0.338 e. The maximum Gasteiger partial charge on any atom is 0.338 e. The van der Waals surface area contributed by atoms with Gasteiger partial charge in [-0.1, -0.05) is 29.8 Å². The third kappa shape index (κ3) is 3.95. The maximum atomic E-state index is 12.6. The number of nitrogens with zero attached hydrogens (tertiary/aromatic N) is 2. The molecule has 1 aromatic carbocycles. The van der Waals surface area contributed by atoms with Crippen LogP contribution in [0.3, 0.4) is 0 Å². The molecule has 0 bridgehead atoms. The number of hydrogen-bond acceptors (Lipinski definition) is 4. The monoisotopic (exact) mass is 357 g/mol. The normalized spacial score (nSPS) is 18.1. The first-order chi connectivity index (χ1) is 10.9. The van der Waals surface area contributed by atoms with E-state index in [1.807, 2.05) is 0 Å². The summed E-state index contributed by atoms with van der Waals surface area (Å²) in [6.07, 6.45) is 3.27. The third-order valence-electron chi connectivity index (χ3n) is 3.40. The number of allylic oxidation sites excluding steroid dienone is 1. The molecule has 121 valence electrons. The number of halogens is 1. The molecule has 8 heteroatoms. The summed E-state index contributed by atoms with van der Waals surface area (Å²) in [7, 11) is 0. The minimum atomic E-state index is -1.52. The van der Waals surface area contributed by atoms with Crippen LogP contribution < -0.4 is 4.90 Å². The Morgan fingerprint density at radius 2 is 1.92 bits per heavy atom. The van der Waals surface area contributed by atoms with E-state index in [-0.39, 0.29) is 41.8 Å². The van der Waals surface area contributed by atoms with Crippen molar-refractivity contribution in [3.63, 3.8) is 0 Å². The van der Waals surface area contributed by atoms with E-state index in [0.29, 0.717) is 5.02 Å². The molecular weight excluding hydrogens is 343 g/mol. The Morgan fingerprint density at radius 3 is 2.46 bits per heavy atom. The molecule has 0 N–H and O–H groups in total. The minimum absolute atomic E-state index is 0. The van der Waals surface area contributed by atoms with Gasteiger partial charge in [0.25, 0.3) is 11.8 Å². The smallest absolute Gasteiger partial charge is 0.299 e. The number of anilines is 1. The van der Waals surface area contributed by atoms with Crippen molar-refractivity contribution in [2.75, 3.05) is 11.4 Å². The summed E-state index contributed by atoms with van der Waals surface area (Å²) in [6.45, 7) is 2.88. The average molecular weight is 358 g/mol. The Morgan fingerprint density at radius 1 is 1.25 bits per heavy atom. The summed E-state index contributed by atoms with van der Waals surface area (Å²) in [4.78, 5) is 50.8. The van der Waals surface area contributed by atoms with E-state index in [1.165, 1.54) is 12.1 Å². The molecule has 1 saturated heterocycles. The predicted octanol–water partition coefficient (Wildman–Crippen LogP) is 2.04. The quantitative estimate of drug-likeness (QED) is 0.469. The topological polar surface area (TPSA) is 74.8 Å². The second-order valence-electron chi connectivity index (χ2n) is 5.00. The van der Waals surface area contributed by atoms with Crippen molar-refractivity contribution in [3.8, 4) is 0 Å². The summed E-state index contributed by atoms with van der Waals surface area (Å²) in [5.74, 6) is -3.78. The zero-order valence-corrected chi connectivity index (χ0v) is 16.4. The number of carbonyl (C=O) groups excluding carboxylic acids is 4. The van der Waals surface area contributed by atoms with Crippen LogP contribution in [0.15, 0.2) is 36.4 Å². The molecule has 1 aromatic rings. The molecule has 1 fully saturated rings. The fourth-order valence-corrected chi connectivity index (χ4v) is 2.46. The van der Waals surface area contributed by atoms with Gasteiger partial charge in [-0.25, -0.2) is 9.69 Å². The van der Waals surface area contributed by atoms with Crippen molar-refractivity contribution in [2.24, 2.45) is 5.92 Å². The van der Waals surface area contributed by atoms with Crippen LogP contribution in [0.1, 0.15) is 13.8 Å². The molecule has 24 heavy (non-hydrogen) atoms. The third-order valence-corrected chi connectivity index (χ3v) is 3.63. The van der Waals surface area contributed by atoms with Crippen molar-refractivity contribution in [2.45, 2.75) is 13.8 Å². The van der Waals surface area contributed by atoms with Gasteiger partial charge in [0.15, 0.2) is 11.7 Å². The number of amides is 4. The molecule has 1 unspecified atom stereocenters. The molecule has 0 aliphatic carbocycles. The van der Waals surface area contributed by atoms with Gasteiger partial charge in [0.1, 0.15) is 0 Å². The van der Waals surface area contributed by atoms with Crippen LogP contribution in [0.25, 0.3) is 0 Å². The molecule has 2 rings (SSSR count). The van der Waals surface area contributed by atoms with E-state index in [2.05, 4.69) is 0 Å². The van der Waals surface area contributed by atoms with Crippen LogP contribution in [0.2, 0.25) is 5.02 Å². The molecular formula is C16H15ClN2NaO4. The van der Waals surface area contributed by atoms with Crippen LogP contribution >= 0.6 is 11.6 Å². The zero-order chi connectivity index (χ0) is 17.1. The van der Waals surface area contributed by atoms with Crippen LogP contribution in [0, 0.1) is 5.92 Å². The predicted molar refractivity (Wildman–Crippen MR) is 90.8 cm³/mol. The summed E-state index contributed by atoms with van der Waals surface area (Å²) < 4.78 is 0. The SMILES string of the molecule is CC=CCN1C(=O)C(C(C)=O)C(=O)N(c2cccc(Cl)c2)C1=O.[Na]. The van der Waals surface area contributed by atoms with E-state index in [9.17, 15) is 19.2 Å². The van der Waals surface area contributed by atoms with E-state index in [0.717, 1.165) is 16.7 Å². The molecule has 0 spiro atoms. The van der Waals surface area contributed by atoms with Crippen molar-refractivity contribution >= 4 is 70.5 Å². The number of urea groups is 1. The summed E-state index contributed by atoms with van der Waals surface area (Å²) in [5, 5.41) is 0.333. The van der Waals surface area contributed by atoms with Gasteiger partial charge in [0, 0.05) is 41.1 Å². The molecule has 0 saturated carbocycles. The van der Waals surface area contributed by atoms with Crippen molar-refractivity contribution in [1.82, 2.24) is 4.90 Å². The maximum absolute atomic E-state index is 12.6. The van der Waals surface area contributed by atoms with Crippen LogP contribution in [0.5, 0.6) is 0 Å². The molecule has 4 amide bonds. The number of barbiturate groups is 1. The molecule has 1 radical (unpaired) electrons. The number of rotatable bonds is 4. The zero-order valence-electron chi connectivity index (χ0n) is 13.7. The van der Waals surface area contributed by atoms with Crippen LogP contribution in [-0.2, 0) is 14.4 Å². The van der Waals surface area contributed by atoms with Gasteiger partial charge in [0.2, 0.25) is 0 Å². The van der Waals surface area contributed by atoms with E-state index in [4.69, 9.17) is 11.6 Å². The Kier molecular flexibility index (Phi) is 7.35. The molecule has 1 heterocycles. The van der Waals surface area contributed by atoms with Crippen molar-refractivity contribution < 1.29 is 19.2 Å². The second-order valence-corrected chi connectivity index (χ2v) is 5.43. The average Bonchev–Trinajstić information content (AvgIpc) is 2.46. The van der Waals surface area contributed by atoms with Gasteiger partial charge in [-0.2, -0.15) is 0 Å². The van der Waals surface area contributed by atoms with Gasteiger partial charge in [-0.3, -0.25) is 19.3 Å². The number of hydrogen-bond donors (Lipinski definition) is 0. The molecule has 1 aliphatic heterocycles. The van der Waals surface area contributed by atoms with Crippen LogP contribution in [0.4, 0.5) is 10.5 Å². The Labute approximate surface area is 166 Å². The Balaban J connectivity index is 0.00000288. The van der Waals surface area contributed by atoms with E-state index in [1.54, 1.807) is 31.2 Å². The van der Waals surface area contributed by atoms with E-state index >= 15 is 0 Å². The fourth-order valence-electron chi connectivity index (χ4n) is 2.28. The first-order valence-electron chi connectivity index (χ1n) is 6.95. The number of benzene rings is 1. The first kappa shape index (κ1) is 20.6. The first-order valence-corrected chi connectivity index (χ1v) is 7.32. The van der Waals surface area contributed by atoms with Crippen molar-refractivity contribution in [1.29, 1.82) is 0 Å². The molecule has 1 aliphatic rings. The molecule has 0 aromatic heterocycles. The summed E-state index contributed by atoms with van der Waals surface area (Å²) in [6, 6.07) is 5.32. The van der Waals surface area contributed by atoms with Crippen LogP contribution in [-0.4, -0.2) is 64.6 Å². The molecule has 1 atom stereocenters. The van der Waals surface area contributed by atoms with Gasteiger partial charge < -0.3 is 0 Å². The van der Waals surface area contributed by atoms with Crippen molar-refractivity contribution in [3.05, 3.63) is 41.4 Å². The number of carbonyl (C=O) groups is 4. The number of imide groups is 2. The second kappa shape index (κ2) is 8.58. The Hall–Kier alpha value is -1.47.